The highest BCUT2D eigenvalue weighted by Crippen LogP contribution is 1.93. The van der Waals surface area contributed by atoms with Crippen LogP contribution in [-0.2, 0) is 30.2 Å². The van der Waals surface area contributed by atoms with Crippen LogP contribution in [0.1, 0.15) is 12.8 Å². The third kappa shape index (κ3) is 16.9. The summed E-state index contributed by atoms with van der Waals surface area (Å²) in [7, 11) is -4.04. The lowest BCUT2D eigenvalue weighted by Crippen LogP contribution is -2.32. The van der Waals surface area contributed by atoms with Gasteiger partial charge >= 0.3 is 11.9 Å². The van der Waals surface area contributed by atoms with Crippen LogP contribution in [0.4, 0.5) is 0 Å². The lowest BCUT2D eigenvalue weighted by Gasteiger charge is -2.03. The van der Waals surface area contributed by atoms with Crippen molar-refractivity contribution >= 4 is 32.6 Å². The molecule has 9 nitrogen and oxygen atoms in total. The van der Waals surface area contributed by atoms with Gasteiger partial charge in [-0.2, -0.15) is 0 Å². The molecule has 0 bridgehead atoms. The highest BCUT2D eigenvalue weighted by molar-refractivity contribution is 7.90. The van der Waals surface area contributed by atoms with Gasteiger partial charge in [0.25, 0.3) is 0 Å². The lowest BCUT2D eigenvalue weighted by molar-refractivity contribution is -0.139. The van der Waals surface area contributed by atoms with Crippen LogP contribution in [-0.4, -0.2) is 70.9 Å². The minimum Gasteiger partial charge on any atom is -0.480 e. The number of carbonyl (C=O) groups is 2. The van der Waals surface area contributed by atoms with Crippen molar-refractivity contribution < 1.29 is 32.4 Å². The maximum absolute atomic E-state index is 10.5. The van der Waals surface area contributed by atoms with Crippen molar-refractivity contribution in [2.45, 2.75) is 24.9 Å². The first kappa shape index (κ1) is 22.2. The summed E-state index contributed by atoms with van der Waals surface area (Å²) in [6, 6.07) is -1.95. The zero-order chi connectivity index (χ0) is 17.2. The minimum absolute atomic E-state index is 0.0336. The first-order chi connectivity index (χ1) is 9.36. The summed E-state index contributed by atoms with van der Waals surface area (Å²) >= 11 is 0. The van der Waals surface area contributed by atoms with E-state index in [9.17, 15) is 22.2 Å². The SMILES string of the molecule is CS(=O)(=O)CC[C@H](N)C(=O)O.CS(=O)CC[C@H](N)C(=O)O. The molecule has 1 unspecified atom stereocenters. The predicted octanol–water partition coefficient (Wildman–Crippen LogP) is -2.00. The van der Waals surface area contributed by atoms with Gasteiger partial charge in [-0.25, -0.2) is 8.42 Å². The Morgan fingerprint density at radius 3 is 1.76 bits per heavy atom. The van der Waals surface area contributed by atoms with E-state index in [2.05, 4.69) is 0 Å². The molecule has 21 heavy (non-hydrogen) atoms. The van der Waals surface area contributed by atoms with Crippen molar-refractivity contribution in [2.24, 2.45) is 11.5 Å². The Morgan fingerprint density at radius 1 is 1.10 bits per heavy atom. The van der Waals surface area contributed by atoms with Crippen LogP contribution in [0.15, 0.2) is 0 Å². The summed E-state index contributed by atoms with van der Waals surface area (Å²) < 4.78 is 31.5. The molecule has 6 N–H and O–H groups in total. The van der Waals surface area contributed by atoms with E-state index in [0.29, 0.717) is 5.75 Å². The van der Waals surface area contributed by atoms with Crippen molar-refractivity contribution in [1.82, 2.24) is 0 Å². The van der Waals surface area contributed by atoms with Crippen LogP contribution in [0.3, 0.4) is 0 Å². The van der Waals surface area contributed by atoms with Crippen LogP contribution < -0.4 is 11.5 Å². The van der Waals surface area contributed by atoms with Crippen LogP contribution in [0.5, 0.6) is 0 Å². The molecule has 0 radical (unpaired) electrons. The van der Waals surface area contributed by atoms with Gasteiger partial charge in [0.05, 0.1) is 5.75 Å². The number of hydrogen-bond donors (Lipinski definition) is 4. The molecule has 0 fully saturated rings. The molecule has 0 amide bonds. The Kier molecular flexibility index (Phi) is 11.3. The average Bonchev–Trinajstić information content (AvgIpc) is 2.32. The number of hydrogen-bond acceptors (Lipinski definition) is 7. The first-order valence-corrected chi connectivity index (χ1v) is 9.60. The maximum atomic E-state index is 10.5. The number of nitrogens with two attached hydrogens (primary N) is 2. The number of carboxylic acids is 2. The number of rotatable bonds is 8. The zero-order valence-corrected chi connectivity index (χ0v) is 13.5. The van der Waals surface area contributed by atoms with E-state index < -0.39 is 44.7 Å². The molecule has 0 heterocycles. The largest absolute Gasteiger partial charge is 0.480 e. The standard InChI is InChI=1S/C5H11NO4S.C5H11NO3S/c1-11(9,10)3-2-4(6)5(7)8;1-10(9)3-2-4(6)5(7)8/h4H,2-3,6H2,1H3,(H,7,8);4H,2-3,6H2,1H3,(H,7,8)/t4-;4-,10?/m00/s1. The van der Waals surface area contributed by atoms with Gasteiger partial charge in [-0.1, -0.05) is 0 Å². The zero-order valence-electron chi connectivity index (χ0n) is 11.9. The van der Waals surface area contributed by atoms with E-state index in [1.54, 1.807) is 0 Å². The van der Waals surface area contributed by atoms with Crippen molar-refractivity contribution in [3.8, 4) is 0 Å². The molecule has 0 spiro atoms. The molecule has 0 rings (SSSR count). The predicted molar refractivity (Wildman–Crippen MR) is 79.1 cm³/mol. The summed E-state index contributed by atoms with van der Waals surface area (Å²) in [5.41, 5.74) is 10.2. The van der Waals surface area contributed by atoms with Gasteiger partial charge in [0, 0.05) is 29.1 Å². The van der Waals surface area contributed by atoms with Crippen LogP contribution in [0.2, 0.25) is 0 Å². The Labute approximate surface area is 126 Å². The van der Waals surface area contributed by atoms with Gasteiger partial charge in [0.1, 0.15) is 21.9 Å². The molecule has 0 saturated carbocycles. The Hall–Kier alpha value is -1.04. The van der Waals surface area contributed by atoms with E-state index in [4.69, 9.17) is 21.7 Å². The van der Waals surface area contributed by atoms with E-state index in [0.717, 1.165) is 6.26 Å². The fourth-order valence-corrected chi connectivity index (χ4v) is 2.15. The van der Waals surface area contributed by atoms with Crippen molar-refractivity contribution in [3.63, 3.8) is 0 Å². The average molecular weight is 346 g/mol. The summed E-state index contributed by atoms with van der Waals surface area (Å²) in [6.07, 6.45) is 2.81. The molecule has 126 valence electrons. The third-order valence-corrected chi connectivity index (χ3v) is 3.94. The first-order valence-electron chi connectivity index (χ1n) is 5.81. The van der Waals surface area contributed by atoms with Gasteiger partial charge in [0.2, 0.25) is 0 Å². The topological polar surface area (TPSA) is 178 Å². The molecule has 0 aliphatic carbocycles. The summed E-state index contributed by atoms with van der Waals surface area (Å²) in [5.74, 6) is -2.03. The minimum atomic E-state index is -3.10. The van der Waals surface area contributed by atoms with E-state index in [1.807, 2.05) is 0 Å². The molecule has 0 aromatic heterocycles. The van der Waals surface area contributed by atoms with Crippen LogP contribution >= 0.6 is 0 Å². The van der Waals surface area contributed by atoms with Gasteiger partial charge in [-0.15, -0.1) is 0 Å². The highest BCUT2D eigenvalue weighted by atomic mass is 32.2. The highest BCUT2D eigenvalue weighted by Gasteiger charge is 2.13. The maximum Gasteiger partial charge on any atom is 0.320 e. The van der Waals surface area contributed by atoms with E-state index in [1.165, 1.54) is 6.26 Å². The second-order valence-electron chi connectivity index (χ2n) is 4.37. The molecular weight excluding hydrogens is 324 g/mol. The van der Waals surface area contributed by atoms with Crippen molar-refractivity contribution in [3.05, 3.63) is 0 Å². The second-order valence-corrected chi connectivity index (χ2v) is 8.19. The third-order valence-electron chi connectivity index (χ3n) is 2.15. The van der Waals surface area contributed by atoms with Crippen LogP contribution in [0, 0.1) is 0 Å². The van der Waals surface area contributed by atoms with Crippen LogP contribution in [0.25, 0.3) is 0 Å². The number of sulfone groups is 1. The molecule has 0 aromatic carbocycles. The Morgan fingerprint density at radius 2 is 1.48 bits per heavy atom. The van der Waals surface area contributed by atoms with E-state index in [-0.39, 0.29) is 18.6 Å². The van der Waals surface area contributed by atoms with Gasteiger partial charge in [0.15, 0.2) is 0 Å². The Bertz CT molecular complexity index is 464. The molecule has 0 aromatic rings. The molecule has 0 aliphatic heterocycles. The fraction of sp³-hybridized carbons (Fsp3) is 0.800. The Balaban J connectivity index is 0. The van der Waals surface area contributed by atoms with Gasteiger partial charge < -0.3 is 21.7 Å². The monoisotopic (exact) mass is 346 g/mol. The molecular formula is C10H22N2O7S2. The lowest BCUT2D eigenvalue weighted by atomic mass is 10.2. The molecule has 0 saturated heterocycles. The smallest absolute Gasteiger partial charge is 0.320 e. The number of carboxylic acid groups (broad SMARTS) is 2. The van der Waals surface area contributed by atoms with Crippen molar-refractivity contribution in [2.75, 3.05) is 24.0 Å². The second kappa shape index (κ2) is 10.7. The van der Waals surface area contributed by atoms with Crippen molar-refractivity contribution in [1.29, 1.82) is 0 Å². The number of aliphatic carboxylic acids is 2. The normalized spacial score (nSPS) is 15.2. The van der Waals surface area contributed by atoms with Gasteiger partial charge in [-0.05, 0) is 12.8 Å². The molecule has 3 atom stereocenters. The summed E-state index contributed by atoms with van der Waals surface area (Å²) in [5, 5.41) is 16.5. The quantitative estimate of drug-likeness (QED) is 0.387. The fourth-order valence-electron chi connectivity index (χ4n) is 0.881. The van der Waals surface area contributed by atoms with Gasteiger partial charge in [-0.3, -0.25) is 13.8 Å². The molecule has 11 heteroatoms. The summed E-state index contributed by atoms with van der Waals surface area (Å²) in [4.78, 5) is 20.2. The summed E-state index contributed by atoms with van der Waals surface area (Å²) in [6.45, 7) is 0. The molecule has 0 aliphatic rings. The van der Waals surface area contributed by atoms with E-state index >= 15 is 0 Å².